The Kier molecular flexibility index (Phi) is 6.09. The molecule has 0 aliphatic carbocycles. The molecule has 0 aliphatic rings. The van der Waals surface area contributed by atoms with E-state index < -0.39 is 0 Å². The molecule has 1 unspecified atom stereocenters. The maximum absolute atomic E-state index is 6.36. The van der Waals surface area contributed by atoms with Crippen LogP contribution in [0.3, 0.4) is 0 Å². The van der Waals surface area contributed by atoms with Gasteiger partial charge in [-0.15, -0.1) is 0 Å². The lowest BCUT2D eigenvalue weighted by molar-refractivity contribution is 0.140. The number of hydrogen-bond acceptors (Lipinski definition) is 2. The third-order valence-corrected chi connectivity index (χ3v) is 3.94. The van der Waals surface area contributed by atoms with Gasteiger partial charge in [-0.1, -0.05) is 61.8 Å². The first-order chi connectivity index (χ1) is 10.2. The molecule has 0 heterocycles. The molecule has 0 fully saturated rings. The van der Waals surface area contributed by atoms with Crippen LogP contribution in [0.1, 0.15) is 25.5 Å². The number of nitrogens with zero attached hydrogens (tertiary/aromatic N) is 1. The highest BCUT2D eigenvalue weighted by atomic mass is 35.5. The van der Waals surface area contributed by atoms with Crippen LogP contribution in [0.4, 0.5) is 0 Å². The molecule has 0 aliphatic heterocycles. The summed E-state index contributed by atoms with van der Waals surface area (Å²) < 4.78 is 6.19. The molecular formula is C18H22ClNO. The zero-order valence-electron chi connectivity index (χ0n) is 12.6. The lowest BCUT2D eigenvalue weighted by atomic mass is 10.1. The SMILES string of the molecule is CCN(CC)CC(Oc1ccccc1)c1ccccc1Cl. The summed E-state index contributed by atoms with van der Waals surface area (Å²) in [5, 5.41) is 0.755. The third kappa shape index (κ3) is 4.48. The van der Waals surface area contributed by atoms with Crippen molar-refractivity contribution in [1.82, 2.24) is 4.90 Å². The summed E-state index contributed by atoms with van der Waals surface area (Å²) in [4.78, 5) is 2.34. The zero-order chi connectivity index (χ0) is 15.1. The van der Waals surface area contributed by atoms with Crippen LogP contribution in [-0.4, -0.2) is 24.5 Å². The molecule has 2 nitrogen and oxygen atoms in total. The number of para-hydroxylation sites is 1. The predicted molar refractivity (Wildman–Crippen MR) is 89.1 cm³/mol. The number of likely N-dealkylation sites (N-methyl/N-ethyl adjacent to an activating group) is 1. The van der Waals surface area contributed by atoms with Gasteiger partial charge < -0.3 is 4.74 Å². The molecule has 0 bridgehead atoms. The highest BCUT2D eigenvalue weighted by Gasteiger charge is 2.19. The average Bonchev–Trinajstić information content (AvgIpc) is 2.53. The molecule has 3 heteroatoms. The molecule has 2 rings (SSSR count). The Morgan fingerprint density at radius 2 is 1.57 bits per heavy atom. The molecule has 0 spiro atoms. The summed E-state index contributed by atoms with van der Waals surface area (Å²) in [6, 6.07) is 17.8. The van der Waals surface area contributed by atoms with Crippen molar-refractivity contribution < 1.29 is 4.74 Å². The van der Waals surface area contributed by atoms with Crippen LogP contribution in [0.25, 0.3) is 0 Å². The Hall–Kier alpha value is -1.51. The smallest absolute Gasteiger partial charge is 0.138 e. The summed E-state index contributed by atoms with van der Waals surface area (Å²) in [5.41, 5.74) is 1.04. The minimum absolute atomic E-state index is 0.0685. The number of halogens is 1. The molecule has 0 radical (unpaired) electrons. The third-order valence-electron chi connectivity index (χ3n) is 3.59. The Labute approximate surface area is 132 Å². The van der Waals surface area contributed by atoms with E-state index in [2.05, 4.69) is 18.7 Å². The normalized spacial score (nSPS) is 12.4. The van der Waals surface area contributed by atoms with Crippen molar-refractivity contribution in [2.24, 2.45) is 0 Å². The maximum Gasteiger partial charge on any atom is 0.138 e. The van der Waals surface area contributed by atoms with Crippen molar-refractivity contribution >= 4 is 11.6 Å². The summed E-state index contributed by atoms with van der Waals surface area (Å²) in [7, 11) is 0. The van der Waals surface area contributed by atoms with Gasteiger partial charge in [-0.2, -0.15) is 0 Å². The molecule has 0 N–H and O–H groups in total. The van der Waals surface area contributed by atoms with Gasteiger partial charge in [0.2, 0.25) is 0 Å². The first-order valence-corrected chi connectivity index (χ1v) is 7.80. The molecule has 0 aromatic heterocycles. The van der Waals surface area contributed by atoms with Crippen molar-refractivity contribution in [2.45, 2.75) is 20.0 Å². The zero-order valence-corrected chi connectivity index (χ0v) is 13.4. The molecule has 0 saturated carbocycles. The van der Waals surface area contributed by atoms with Gasteiger partial charge in [0.05, 0.1) is 0 Å². The van der Waals surface area contributed by atoms with E-state index in [1.807, 2.05) is 54.6 Å². The Morgan fingerprint density at radius 1 is 0.952 bits per heavy atom. The fraction of sp³-hybridized carbons (Fsp3) is 0.333. The minimum atomic E-state index is -0.0685. The molecule has 1 atom stereocenters. The monoisotopic (exact) mass is 303 g/mol. The van der Waals surface area contributed by atoms with Crippen molar-refractivity contribution in [3.05, 3.63) is 65.2 Å². The van der Waals surface area contributed by atoms with Crippen molar-refractivity contribution in [3.63, 3.8) is 0 Å². The van der Waals surface area contributed by atoms with Crippen LogP contribution in [0, 0.1) is 0 Å². The maximum atomic E-state index is 6.36. The van der Waals surface area contributed by atoms with Crippen molar-refractivity contribution in [2.75, 3.05) is 19.6 Å². The highest BCUT2D eigenvalue weighted by molar-refractivity contribution is 6.31. The summed E-state index contributed by atoms with van der Waals surface area (Å²) in [6.07, 6.45) is -0.0685. The van der Waals surface area contributed by atoms with E-state index in [1.165, 1.54) is 0 Å². The lowest BCUT2D eigenvalue weighted by Crippen LogP contribution is -2.30. The van der Waals surface area contributed by atoms with E-state index in [0.717, 1.165) is 36.0 Å². The average molecular weight is 304 g/mol. The largest absolute Gasteiger partial charge is 0.484 e. The molecule has 0 saturated heterocycles. The van der Waals surface area contributed by atoms with E-state index in [0.29, 0.717) is 0 Å². The topological polar surface area (TPSA) is 12.5 Å². The summed E-state index contributed by atoms with van der Waals surface area (Å²) in [5.74, 6) is 0.870. The summed E-state index contributed by atoms with van der Waals surface area (Å²) >= 11 is 6.36. The lowest BCUT2D eigenvalue weighted by Gasteiger charge is -2.27. The number of hydrogen-bond donors (Lipinski definition) is 0. The van der Waals surface area contributed by atoms with Gasteiger partial charge in [0.25, 0.3) is 0 Å². The molecular weight excluding hydrogens is 282 g/mol. The van der Waals surface area contributed by atoms with Gasteiger partial charge >= 0.3 is 0 Å². The molecule has 112 valence electrons. The van der Waals surface area contributed by atoms with E-state index >= 15 is 0 Å². The predicted octanol–water partition coefficient (Wildman–Crippen LogP) is 4.80. The minimum Gasteiger partial charge on any atom is -0.484 e. The van der Waals surface area contributed by atoms with Gasteiger partial charge in [0.15, 0.2) is 0 Å². The van der Waals surface area contributed by atoms with Gasteiger partial charge in [0, 0.05) is 17.1 Å². The van der Waals surface area contributed by atoms with Crippen LogP contribution in [0.2, 0.25) is 5.02 Å². The van der Waals surface area contributed by atoms with Crippen molar-refractivity contribution in [1.29, 1.82) is 0 Å². The van der Waals surface area contributed by atoms with E-state index in [9.17, 15) is 0 Å². The van der Waals surface area contributed by atoms with Gasteiger partial charge in [-0.25, -0.2) is 0 Å². The summed E-state index contributed by atoms with van der Waals surface area (Å²) in [6.45, 7) is 7.14. The number of rotatable bonds is 7. The second-order valence-electron chi connectivity index (χ2n) is 4.93. The quantitative estimate of drug-likeness (QED) is 0.728. The highest BCUT2D eigenvalue weighted by Crippen LogP contribution is 2.28. The second-order valence-corrected chi connectivity index (χ2v) is 5.33. The van der Waals surface area contributed by atoms with Crippen LogP contribution < -0.4 is 4.74 Å². The first kappa shape index (κ1) is 15.9. The Morgan fingerprint density at radius 3 is 2.19 bits per heavy atom. The number of benzene rings is 2. The fourth-order valence-corrected chi connectivity index (χ4v) is 2.57. The van der Waals surface area contributed by atoms with Crippen LogP contribution >= 0.6 is 11.6 Å². The molecule has 21 heavy (non-hydrogen) atoms. The van der Waals surface area contributed by atoms with Crippen LogP contribution in [-0.2, 0) is 0 Å². The standard InChI is InChI=1S/C18H22ClNO/c1-3-20(4-2)14-18(16-12-8-9-13-17(16)19)21-15-10-6-5-7-11-15/h5-13,18H,3-4,14H2,1-2H3. The Bertz CT molecular complexity index is 540. The van der Waals surface area contributed by atoms with Crippen molar-refractivity contribution in [3.8, 4) is 5.75 Å². The van der Waals surface area contributed by atoms with E-state index in [-0.39, 0.29) is 6.10 Å². The number of ether oxygens (including phenoxy) is 1. The molecule has 2 aromatic carbocycles. The Balaban J connectivity index is 2.24. The van der Waals surface area contributed by atoms with E-state index in [1.54, 1.807) is 0 Å². The fourth-order valence-electron chi connectivity index (χ4n) is 2.31. The van der Waals surface area contributed by atoms with Gasteiger partial charge in [0.1, 0.15) is 11.9 Å². The molecule has 0 amide bonds. The van der Waals surface area contributed by atoms with Gasteiger partial charge in [-0.3, -0.25) is 4.90 Å². The van der Waals surface area contributed by atoms with Crippen LogP contribution in [0.5, 0.6) is 5.75 Å². The van der Waals surface area contributed by atoms with E-state index in [4.69, 9.17) is 16.3 Å². The second kappa shape index (κ2) is 8.06. The molecule has 2 aromatic rings. The van der Waals surface area contributed by atoms with Gasteiger partial charge in [-0.05, 0) is 31.3 Å². The first-order valence-electron chi connectivity index (χ1n) is 7.43. The van der Waals surface area contributed by atoms with Crippen LogP contribution in [0.15, 0.2) is 54.6 Å².